The number of rotatable bonds is 8. The number of ether oxygens (including phenoxy) is 1. The maximum atomic E-state index is 12.3. The van der Waals surface area contributed by atoms with Gasteiger partial charge in [0.05, 0.1) is 6.61 Å². The van der Waals surface area contributed by atoms with Crippen molar-refractivity contribution in [2.45, 2.75) is 32.7 Å². The van der Waals surface area contributed by atoms with Gasteiger partial charge in [0.1, 0.15) is 11.3 Å². The highest BCUT2D eigenvalue weighted by atomic mass is 16.5. The molecule has 1 amide bonds. The first-order valence-electron chi connectivity index (χ1n) is 8.89. The zero-order chi connectivity index (χ0) is 18.4. The van der Waals surface area contributed by atoms with Gasteiger partial charge in [0.25, 0.3) is 0 Å². The first kappa shape index (κ1) is 18.1. The third-order valence-corrected chi connectivity index (χ3v) is 4.32. The number of benzene rings is 1. The summed E-state index contributed by atoms with van der Waals surface area (Å²) in [6, 6.07) is 11.7. The standard InChI is InChI=1S/C20H24N4O2/c1-3-15-6-8-16(9-7-15)22-19(25)11-10-18-23-17-5-4-12-21-20(17)24(18)13-14-26-2/h4-9,12H,3,10-11,13-14H2,1-2H3,(H,22,25). The van der Waals surface area contributed by atoms with Crippen molar-refractivity contribution >= 4 is 22.8 Å². The van der Waals surface area contributed by atoms with E-state index in [1.54, 1.807) is 13.3 Å². The summed E-state index contributed by atoms with van der Waals surface area (Å²) < 4.78 is 7.22. The molecule has 0 saturated heterocycles. The maximum Gasteiger partial charge on any atom is 0.224 e. The number of hydrogen-bond donors (Lipinski definition) is 1. The van der Waals surface area contributed by atoms with Crippen LogP contribution in [-0.4, -0.2) is 34.2 Å². The van der Waals surface area contributed by atoms with Crippen LogP contribution in [0, 0.1) is 0 Å². The molecule has 1 aromatic carbocycles. The third-order valence-electron chi connectivity index (χ3n) is 4.32. The Hall–Kier alpha value is -2.73. The first-order chi connectivity index (χ1) is 12.7. The van der Waals surface area contributed by atoms with Crippen molar-refractivity contribution in [3.05, 3.63) is 54.0 Å². The zero-order valence-electron chi connectivity index (χ0n) is 15.2. The molecular formula is C20H24N4O2. The van der Waals surface area contributed by atoms with E-state index < -0.39 is 0 Å². The number of pyridine rings is 1. The van der Waals surface area contributed by atoms with E-state index in [0.29, 0.717) is 26.0 Å². The molecule has 0 atom stereocenters. The van der Waals surface area contributed by atoms with Crippen molar-refractivity contribution < 1.29 is 9.53 Å². The van der Waals surface area contributed by atoms with E-state index in [2.05, 4.69) is 22.2 Å². The van der Waals surface area contributed by atoms with E-state index in [1.807, 2.05) is 41.0 Å². The summed E-state index contributed by atoms with van der Waals surface area (Å²) >= 11 is 0. The average Bonchev–Trinajstić information content (AvgIpc) is 3.03. The lowest BCUT2D eigenvalue weighted by atomic mass is 10.1. The van der Waals surface area contributed by atoms with Crippen LogP contribution in [0.15, 0.2) is 42.6 Å². The van der Waals surface area contributed by atoms with Crippen molar-refractivity contribution in [2.24, 2.45) is 0 Å². The van der Waals surface area contributed by atoms with Crippen LogP contribution >= 0.6 is 0 Å². The van der Waals surface area contributed by atoms with Gasteiger partial charge < -0.3 is 14.6 Å². The third kappa shape index (κ3) is 4.26. The maximum absolute atomic E-state index is 12.3. The molecule has 6 nitrogen and oxygen atoms in total. The second-order valence-corrected chi connectivity index (χ2v) is 6.12. The fraction of sp³-hybridized carbons (Fsp3) is 0.350. The Kier molecular flexibility index (Phi) is 5.96. The second kappa shape index (κ2) is 8.58. The molecule has 1 N–H and O–H groups in total. The van der Waals surface area contributed by atoms with Crippen LogP contribution in [0.5, 0.6) is 0 Å². The largest absolute Gasteiger partial charge is 0.383 e. The molecule has 3 rings (SSSR count). The molecule has 0 aliphatic carbocycles. The summed E-state index contributed by atoms with van der Waals surface area (Å²) in [5.41, 5.74) is 3.74. The van der Waals surface area contributed by atoms with Crippen LogP contribution in [0.1, 0.15) is 24.7 Å². The SMILES string of the molecule is CCc1ccc(NC(=O)CCc2nc3cccnc3n2CCOC)cc1. The summed E-state index contributed by atoms with van der Waals surface area (Å²) in [6.45, 7) is 3.35. The number of carbonyl (C=O) groups is 1. The highest BCUT2D eigenvalue weighted by molar-refractivity contribution is 5.90. The van der Waals surface area contributed by atoms with Gasteiger partial charge in [-0.1, -0.05) is 19.1 Å². The molecule has 0 bridgehead atoms. The number of methoxy groups -OCH3 is 1. The van der Waals surface area contributed by atoms with Crippen LogP contribution in [0.4, 0.5) is 5.69 Å². The zero-order valence-corrected chi connectivity index (χ0v) is 15.2. The fourth-order valence-corrected chi connectivity index (χ4v) is 2.89. The van der Waals surface area contributed by atoms with Crippen LogP contribution in [0.25, 0.3) is 11.2 Å². The van der Waals surface area contributed by atoms with Gasteiger partial charge in [-0.15, -0.1) is 0 Å². The van der Waals surface area contributed by atoms with E-state index in [0.717, 1.165) is 29.1 Å². The Morgan fingerprint density at radius 1 is 1.23 bits per heavy atom. The van der Waals surface area contributed by atoms with Crippen LogP contribution in [0.3, 0.4) is 0 Å². The highest BCUT2D eigenvalue weighted by Crippen LogP contribution is 2.16. The second-order valence-electron chi connectivity index (χ2n) is 6.12. The normalized spacial score (nSPS) is 11.0. The number of imidazole rings is 1. The fourth-order valence-electron chi connectivity index (χ4n) is 2.89. The molecule has 0 aliphatic rings. The molecule has 0 spiro atoms. The van der Waals surface area contributed by atoms with Gasteiger partial charge in [-0.2, -0.15) is 0 Å². The number of fused-ring (bicyclic) bond motifs is 1. The summed E-state index contributed by atoms with van der Waals surface area (Å²) in [5.74, 6) is 0.833. The highest BCUT2D eigenvalue weighted by Gasteiger charge is 2.13. The molecule has 136 valence electrons. The Morgan fingerprint density at radius 3 is 2.77 bits per heavy atom. The number of anilines is 1. The smallest absolute Gasteiger partial charge is 0.224 e. The summed E-state index contributed by atoms with van der Waals surface area (Å²) in [4.78, 5) is 21.3. The molecule has 0 radical (unpaired) electrons. The van der Waals surface area contributed by atoms with Gasteiger partial charge in [0.2, 0.25) is 5.91 Å². The van der Waals surface area contributed by atoms with Crippen molar-refractivity contribution in [1.82, 2.24) is 14.5 Å². The number of hydrogen-bond acceptors (Lipinski definition) is 4. The molecule has 0 unspecified atom stereocenters. The van der Waals surface area contributed by atoms with E-state index >= 15 is 0 Å². The minimum absolute atomic E-state index is 0.0208. The molecule has 26 heavy (non-hydrogen) atoms. The summed E-state index contributed by atoms with van der Waals surface area (Å²) in [6.07, 6.45) is 3.66. The van der Waals surface area contributed by atoms with Gasteiger partial charge >= 0.3 is 0 Å². The van der Waals surface area contributed by atoms with E-state index in [9.17, 15) is 4.79 Å². The molecular weight excluding hydrogens is 328 g/mol. The minimum Gasteiger partial charge on any atom is -0.383 e. The Bertz CT molecular complexity index is 871. The molecule has 6 heteroatoms. The van der Waals surface area contributed by atoms with Crippen molar-refractivity contribution in [2.75, 3.05) is 19.0 Å². The quantitative estimate of drug-likeness (QED) is 0.676. The number of amides is 1. The number of nitrogens with zero attached hydrogens (tertiary/aromatic N) is 3. The van der Waals surface area contributed by atoms with Crippen LogP contribution < -0.4 is 5.32 Å². The lowest BCUT2D eigenvalue weighted by Crippen LogP contribution is -2.15. The van der Waals surface area contributed by atoms with Gasteiger partial charge in [-0.3, -0.25) is 4.79 Å². The molecule has 0 saturated carbocycles. The monoisotopic (exact) mass is 352 g/mol. The number of nitrogens with one attached hydrogen (secondary N) is 1. The Labute approximate surface area is 153 Å². The number of aromatic nitrogens is 3. The lowest BCUT2D eigenvalue weighted by molar-refractivity contribution is -0.116. The van der Waals surface area contributed by atoms with Crippen molar-refractivity contribution in [1.29, 1.82) is 0 Å². The number of aryl methyl sites for hydroxylation is 2. The van der Waals surface area contributed by atoms with Gasteiger partial charge in [0, 0.05) is 38.4 Å². The number of carbonyl (C=O) groups excluding carboxylic acids is 1. The van der Waals surface area contributed by atoms with Crippen LogP contribution in [0.2, 0.25) is 0 Å². The first-order valence-corrected chi connectivity index (χ1v) is 8.89. The Morgan fingerprint density at radius 2 is 2.04 bits per heavy atom. The summed E-state index contributed by atoms with van der Waals surface area (Å²) in [7, 11) is 1.67. The van der Waals surface area contributed by atoms with Gasteiger partial charge in [0.15, 0.2) is 5.65 Å². The molecule has 3 aromatic rings. The van der Waals surface area contributed by atoms with Crippen LogP contribution in [-0.2, 0) is 28.9 Å². The molecule has 2 aromatic heterocycles. The molecule has 0 aliphatic heterocycles. The Balaban J connectivity index is 1.67. The van der Waals surface area contributed by atoms with E-state index in [1.165, 1.54) is 5.56 Å². The van der Waals surface area contributed by atoms with E-state index in [4.69, 9.17) is 4.74 Å². The van der Waals surface area contributed by atoms with Gasteiger partial charge in [-0.25, -0.2) is 9.97 Å². The van der Waals surface area contributed by atoms with Crippen molar-refractivity contribution in [3.8, 4) is 0 Å². The molecule has 2 heterocycles. The summed E-state index contributed by atoms with van der Waals surface area (Å²) in [5, 5.41) is 2.94. The minimum atomic E-state index is -0.0208. The predicted octanol–water partition coefficient (Wildman–Crippen LogP) is 3.21. The lowest BCUT2D eigenvalue weighted by Gasteiger charge is -2.09. The topological polar surface area (TPSA) is 69.0 Å². The van der Waals surface area contributed by atoms with Gasteiger partial charge in [-0.05, 0) is 36.2 Å². The van der Waals surface area contributed by atoms with E-state index in [-0.39, 0.29) is 5.91 Å². The average molecular weight is 352 g/mol. The predicted molar refractivity (Wildman–Crippen MR) is 102 cm³/mol. The van der Waals surface area contributed by atoms with Crippen molar-refractivity contribution in [3.63, 3.8) is 0 Å². The molecule has 0 fully saturated rings.